The zero-order valence-corrected chi connectivity index (χ0v) is 13.5. The topological polar surface area (TPSA) is 87.3 Å². The van der Waals surface area contributed by atoms with E-state index in [9.17, 15) is 14.4 Å². The van der Waals surface area contributed by atoms with Crippen LogP contribution in [0.5, 0.6) is 0 Å². The van der Waals surface area contributed by atoms with Crippen molar-refractivity contribution in [3.05, 3.63) is 33.4 Å². The van der Waals surface area contributed by atoms with Gasteiger partial charge in [0, 0.05) is 9.61 Å². The Kier molecular flexibility index (Phi) is 5.54. The summed E-state index contributed by atoms with van der Waals surface area (Å²) in [5.74, 6) is -0.896. The van der Waals surface area contributed by atoms with E-state index in [1.165, 1.54) is 0 Å². The average molecular weight is 401 g/mol. The summed E-state index contributed by atoms with van der Waals surface area (Å²) in [6.45, 7) is -0.214. The van der Waals surface area contributed by atoms with E-state index in [1.807, 2.05) is 12.1 Å². The molecule has 1 fully saturated rings. The van der Waals surface area contributed by atoms with E-state index in [2.05, 4.69) is 38.5 Å². The Balaban J connectivity index is 1.69. The first kappa shape index (κ1) is 15.7. The number of halogens is 1. The summed E-state index contributed by atoms with van der Waals surface area (Å²) in [5.41, 5.74) is 0.525. The number of carbonyl (C=O) groups excluding carboxylic acids is 3. The standard InChI is InChI=1S/C14H16IN3O3/c15-11-4-2-1-3-10(11)14(21)17-7-12(19)16-8-13(20)18-9-5-6-9/h1-4,9H,5-8H2,(H,16,19)(H,17,21)(H,18,20). The molecule has 1 aromatic rings. The summed E-state index contributed by atoms with van der Waals surface area (Å²) in [6.07, 6.45) is 2.01. The summed E-state index contributed by atoms with van der Waals surface area (Å²) >= 11 is 2.06. The van der Waals surface area contributed by atoms with Crippen LogP contribution in [0.25, 0.3) is 0 Å². The average Bonchev–Trinajstić information content (AvgIpc) is 3.27. The number of amides is 3. The maximum Gasteiger partial charge on any atom is 0.252 e. The highest BCUT2D eigenvalue weighted by atomic mass is 127. The predicted molar refractivity (Wildman–Crippen MR) is 85.7 cm³/mol. The lowest BCUT2D eigenvalue weighted by atomic mass is 10.2. The van der Waals surface area contributed by atoms with Gasteiger partial charge < -0.3 is 16.0 Å². The van der Waals surface area contributed by atoms with Crippen LogP contribution in [0.2, 0.25) is 0 Å². The third kappa shape index (κ3) is 5.33. The fourth-order valence-corrected chi connectivity index (χ4v) is 2.28. The maximum absolute atomic E-state index is 11.9. The fourth-order valence-electron chi connectivity index (χ4n) is 1.65. The van der Waals surface area contributed by atoms with Crippen LogP contribution in [0.15, 0.2) is 24.3 Å². The molecular formula is C14H16IN3O3. The maximum atomic E-state index is 11.9. The fraction of sp³-hybridized carbons (Fsp3) is 0.357. The third-order valence-electron chi connectivity index (χ3n) is 2.92. The summed E-state index contributed by atoms with van der Waals surface area (Å²) in [6, 6.07) is 7.38. The molecule has 0 radical (unpaired) electrons. The van der Waals surface area contributed by atoms with Gasteiger partial charge in [-0.3, -0.25) is 14.4 Å². The molecule has 0 bridgehead atoms. The van der Waals surface area contributed by atoms with Crippen LogP contribution in [0.3, 0.4) is 0 Å². The molecule has 0 spiro atoms. The predicted octanol–water partition coefficient (Wildman–Crippen LogP) is 0.416. The summed E-state index contributed by atoms with van der Waals surface area (Å²) in [7, 11) is 0. The molecule has 6 nitrogen and oxygen atoms in total. The first-order chi connectivity index (χ1) is 10.1. The van der Waals surface area contributed by atoms with Gasteiger partial charge in [0.25, 0.3) is 5.91 Å². The van der Waals surface area contributed by atoms with Crippen molar-refractivity contribution in [2.45, 2.75) is 18.9 Å². The Hall–Kier alpha value is -1.64. The summed E-state index contributed by atoms with van der Waals surface area (Å²) < 4.78 is 0.816. The van der Waals surface area contributed by atoms with Gasteiger partial charge in [0.05, 0.1) is 18.7 Å². The van der Waals surface area contributed by atoms with Gasteiger partial charge >= 0.3 is 0 Å². The van der Waals surface area contributed by atoms with Crippen LogP contribution in [-0.2, 0) is 9.59 Å². The van der Waals surface area contributed by atoms with Gasteiger partial charge in [0.1, 0.15) is 0 Å². The van der Waals surface area contributed by atoms with E-state index in [0.717, 1.165) is 16.4 Å². The van der Waals surface area contributed by atoms with E-state index in [4.69, 9.17) is 0 Å². The van der Waals surface area contributed by atoms with Crippen LogP contribution in [0.4, 0.5) is 0 Å². The van der Waals surface area contributed by atoms with Gasteiger partial charge in [-0.2, -0.15) is 0 Å². The largest absolute Gasteiger partial charge is 0.352 e. The van der Waals surface area contributed by atoms with Crippen LogP contribution < -0.4 is 16.0 Å². The number of hydrogen-bond donors (Lipinski definition) is 3. The van der Waals surface area contributed by atoms with Crippen molar-refractivity contribution in [1.29, 1.82) is 0 Å². The minimum atomic E-state index is -0.389. The lowest BCUT2D eigenvalue weighted by molar-refractivity contribution is -0.125. The minimum absolute atomic E-state index is 0.0614. The lowest BCUT2D eigenvalue weighted by Gasteiger charge is -2.08. The third-order valence-corrected chi connectivity index (χ3v) is 3.86. The van der Waals surface area contributed by atoms with E-state index in [-0.39, 0.29) is 36.9 Å². The van der Waals surface area contributed by atoms with Gasteiger partial charge in [-0.15, -0.1) is 0 Å². The molecular weight excluding hydrogens is 385 g/mol. The highest BCUT2D eigenvalue weighted by Gasteiger charge is 2.23. The second-order valence-electron chi connectivity index (χ2n) is 4.78. The molecule has 1 saturated carbocycles. The van der Waals surface area contributed by atoms with Gasteiger partial charge in [-0.1, -0.05) is 12.1 Å². The highest BCUT2D eigenvalue weighted by Crippen LogP contribution is 2.18. The van der Waals surface area contributed by atoms with Gasteiger partial charge in [0.2, 0.25) is 11.8 Å². The quantitative estimate of drug-likeness (QED) is 0.604. The van der Waals surface area contributed by atoms with Crippen LogP contribution in [0, 0.1) is 3.57 Å². The SMILES string of the molecule is O=C(CNC(=O)c1ccccc1I)NCC(=O)NC1CC1. The van der Waals surface area contributed by atoms with E-state index < -0.39 is 0 Å². The smallest absolute Gasteiger partial charge is 0.252 e. The normalized spacial score (nSPS) is 13.4. The molecule has 1 aromatic carbocycles. The molecule has 3 N–H and O–H groups in total. The van der Waals surface area contributed by atoms with Gasteiger partial charge in [-0.05, 0) is 47.6 Å². The minimum Gasteiger partial charge on any atom is -0.352 e. The van der Waals surface area contributed by atoms with Crippen LogP contribution >= 0.6 is 22.6 Å². The first-order valence-corrected chi connectivity index (χ1v) is 7.73. The van der Waals surface area contributed by atoms with Crippen molar-refractivity contribution >= 4 is 40.3 Å². The molecule has 0 atom stereocenters. The molecule has 0 unspecified atom stereocenters. The van der Waals surface area contributed by atoms with E-state index >= 15 is 0 Å². The van der Waals surface area contributed by atoms with Crippen molar-refractivity contribution in [1.82, 2.24) is 16.0 Å². The van der Waals surface area contributed by atoms with E-state index in [0.29, 0.717) is 5.56 Å². The summed E-state index contributed by atoms with van der Waals surface area (Å²) in [5, 5.41) is 7.76. The monoisotopic (exact) mass is 401 g/mol. The Morgan fingerprint density at radius 3 is 2.38 bits per heavy atom. The highest BCUT2D eigenvalue weighted by molar-refractivity contribution is 14.1. The molecule has 112 valence electrons. The molecule has 1 aliphatic rings. The zero-order valence-electron chi connectivity index (χ0n) is 11.3. The molecule has 0 saturated heterocycles. The number of rotatable bonds is 6. The number of nitrogens with one attached hydrogen (secondary N) is 3. The first-order valence-electron chi connectivity index (χ1n) is 6.65. The molecule has 21 heavy (non-hydrogen) atoms. The van der Waals surface area contributed by atoms with Crippen molar-refractivity contribution in [3.8, 4) is 0 Å². The molecule has 7 heteroatoms. The van der Waals surface area contributed by atoms with Crippen molar-refractivity contribution in [3.63, 3.8) is 0 Å². The lowest BCUT2D eigenvalue weighted by Crippen LogP contribution is -2.42. The molecule has 3 amide bonds. The van der Waals surface area contributed by atoms with Crippen LogP contribution in [-0.4, -0.2) is 36.9 Å². The van der Waals surface area contributed by atoms with Crippen molar-refractivity contribution in [2.24, 2.45) is 0 Å². The summed E-state index contributed by atoms with van der Waals surface area (Å²) in [4.78, 5) is 34.8. The Morgan fingerprint density at radius 2 is 1.71 bits per heavy atom. The molecule has 2 rings (SSSR count). The van der Waals surface area contributed by atoms with Gasteiger partial charge in [0.15, 0.2) is 0 Å². The molecule has 0 heterocycles. The Labute approximate surface area is 136 Å². The zero-order chi connectivity index (χ0) is 15.2. The number of carbonyl (C=O) groups is 3. The second kappa shape index (κ2) is 7.39. The number of benzene rings is 1. The Morgan fingerprint density at radius 1 is 1.05 bits per heavy atom. The molecule has 0 aliphatic heterocycles. The second-order valence-corrected chi connectivity index (χ2v) is 5.94. The van der Waals surface area contributed by atoms with Crippen molar-refractivity contribution in [2.75, 3.05) is 13.1 Å². The van der Waals surface area contributed by atoms with Crippen LogP contribution in [0.1, 0.15) is 23.2 Å². The number of hydrogen-bond acceptors (Lipinski definition) is 3. The Bertz CT molecular complexity index is 558. The van der Waals surface area contributed by atoms with Gasteiger partial charge in [-0.25, -0.2) is 0 Å². The molecule has 0 aromatic heterocycles. The van der Waals surface area contributed by atoms with E-state index in [1.54, 1.807) is 12.1 Å². The molecule has 1 aliphatic carbocycles. The van der Waals surface area contributed by atoms with Crippen molar-refractivity contribution < 1.29 is 14.4 Å².